The Morgan fingerprint density at radius 2 is 1.47 bits per heavy atom. The second-order valence-corrected chi connectivity index (χ2v) is 10.3. The fourth-order valence-electron chi connectivity index (χ4n) is 5.01. The predicted octanol–water partition coefficient (Wildman–Crippen LogP) is 8.98. The van der Waals surface area contributed by atoms with E-state index < -0.39 is 77.7 Å². The molecule has 0 aliphatic carbocycles. The lowest BCUT2D eigenvalue weighted by atomic mass is 9.87. The van der Waals surface area contributed by atoms with E-state index in [0.29, 0.717) is 24.6 Å². The van der Waals surface area contributed by atoms with Gasteiger partial charge in [-0.25, -0.2) is 9.59 Å². The maximum absolute atomic E-state index is 13.8. The van der Waals surface area contributed by atoms with Gasteiger partial charge in [-0.15, -0.1) is 0 Å². The average molecular weight is 629 g/mol. The molecular formula is C28H29F9N2O4. The number of halogens is 9. The molecular weight excluding hydrogens is 599 g/mol. The summed E-state index contributed by atoms with van der Waals surface area (Å²) in [5, 5.41) is 0. The molecule has 0 fully saturated rings. The van der Waals surface area contributed by atoms with Crippen LogP contribution in [0.2, 0.25) is 0 Å². The van der Waals surface area contributed by atoms with E-state index >= 15 is 0 Å². The Morgan fingerprint density at radius 1 is 0.907 bits per heavy atom. The topological polar surface area (TPSA) is 59.1 Å². The van der Waals surface area contributed by atoms with Crippen LogP contribution in [0.5, 0.6) is 0 Å². The van der Waals surface area contributed by atoms with Gasteiger partial charge in [0.25, 0.3) is 0 Å². The summed E-state index contributed by atoms with van der Waals surface area (Å²) in [7, 11) is 0.911. The number of rotatable bonds is 6. The van der Waals surface area contributed by atoms with E-state index in [2.05, 4.69) is 0 Å². The number of carbonyl (C=O) groups excluding carboxylic acids is 2. The van der Waals surface area contributed by atoms with Gasteiger partial charge in [-0.05, 0) is 74.2 Å². The zero-order chi connectivity index (χ0) is 32.5. The standard InChI is InChI=1S/C28H29F9N2O4/c1-5-6-20-13-23(21-12-17(26(29,30)31)7-8-22(21)39(20)25(41)43-15(2)3)38(24(40)42-4)14-16-9-18(27(32,33)34)11-19(10-16)28(35,36)37/h7-12,15,20,23H,5-6,13-14H2,1-4H3/t20-,23+/m0/s1. The van der Waals surface area contributed by atoms with E-state index in [1.54, 1.807) is 20.8 Å². The first-order chi connectivity index (χ1) is 19.8. The normalized spacial score (nSPS) is 17.5. The van der Waals surface area contributed by atoms with Gasteiger partial charge in [0.1, 0.15) is 0 Å². The fourth-order valence-corrected chi connectivity index (χ4v) is 5.01. The molecule has 2 amide bonds. The number of benzene rings is 2. The molecule has 0 bridgehead atoms. The third kappa shape index (κ3) is 7.85. The van der Waals surface area contributed by atoms with Crippen LogP contribution in [0.25, 0.3) is 0 Å². The maximum atomic E-state index is 13.8. The predicted molar refractivity (Wildman–Crippen MR) is 136 cm³/mol. The Bertz CT molecular complexity index is 1290. The SMILES string of the molecule is CCC[C@H]1C[C@@H](N(Cc2cc(C(F)(F)F)cc(C(F)(F)F)c2)C(=O)OC)c2cc(C(F)(F)F)ccc2N1C(=O)OC(C)C. The second kappa shape index (κ2) is 12.5. The number of alkyl halides is 9. The second-order valence-electron chi connectivity index (χ2n) is 10.3. The zero-order valence-corrected chi connectivity index (χ0v) is 23.5. The Balaban J connectivity index is 2.25. The van der Waals surface area contributed by atoms with Gasteiger partial charge in [0.05, 0.1) is 41.6 Å². The number of methoxy groups -OCH3 is 1. The Morgan fingerprint density at radius 3 is 1.93 bits per heavy atom. The van der Waals surface area contributed by atoms with Crippen LogP contribution in [0.15, 0.2) is 36.4 Å². The highest BCUT2D eigenvalue weighted by atomic mass is 19.4. The average Bonchev–Trinajstić information content (AvgIpc) is 2.88. The lowest BCUT2D eigenvalue weighted by Gasteiger charge is -2.44. The van der Waals surface area contributed by atoms with Crippen molar-refractivity contribution in [3.8, 4) is 0 Å². The fraction of sp³-hybridized carbons (Fsp3) is 0.500. The molecule has 0 unspecified atom stereocenters. The lowest BCUT2D eigenvalue weighted by Crippen LogP contribution is -2.49. The van der Waals surface area contributed by atoms with Gasteiger partial charge in [0.15, 0.2) is 0 Å². The molecule has 1 heterocycles. The highest BCUT2D eigenvalue weighted by Crippen LogP contribution is 2.46. The minimum Gasteiger partial charge on any atom is -0.453 e. The van der Waals surface area contributed by atoms with E-state index in [-0.39, 0.29) is 30.2 Å². The van der Waals surface area contributed by atoms with Crippen LogP contribution >= 0.6 is 0 Å². The molecule has 2 atom stereocenters. The van der Waals surface area contributed by atoms with Crippen LogP contribution in [0, 0.1) is 0 Å². The van der Waals surface area contributed by atoms with E-state index in [1.807, 2.05) is 0 Å². The van der Waals surface area contributed by atoms with Gasteiger partial charge < -0.3 is 9.47 Å². The van der Waals surface area contributed by atoms with Crippen molar-refractivity contribution >= 4 is 17.9 Å². The van der Waals surface area contributed by atoms with Crippen LogP contribution < -0.4 is 4.90 Å². The van der Waals surface area contributed by atoms with Crippen molar-refractivity contribution in [3.63, 3.8) is 0 Å². The summed E-state index contributed by atoms with van der Waals surface area (Å²) in [4.78, 5) is 28.1. The highest BCUT2D eigenvalue weighted by molar-refractivity contribution is 5.90. The number of fused-ring (bicyclic) bond motifs is 1. The minimum atomic E-state index is -5.17. The van der Waals surface area contributed by atoms with Crippen LogP contribution in [-0.2, 0) is 34.5 Å². The van der Waals surface area contributed by atoms with E-state index in [0.717, 1.165) is 29.0 Å². The molecule has 43 heavy (non-hydrogen) atoms. The molecule has 2 aromatic rings. The maximum Gasteiger partial charge on any atom is 0.416 e. The zero-order valence-electron chi connectivity index (χ0n) is 23.5. The monoisotopic (exact) mass is 628 g/mol. The van der Waals surface area contributed by atoms with E-state index in [1.165, 1.54) is 0 Å². The molecule has 0 saturated carbocycles. The molecule has 238 valence electrons. The van der Waals surface area contributed by atoms with Gasteiger partial charge >= 0.3 is 30.7 Å². The molecule has 0 saturated heterocycles. The third-order valence-electron chi connectivity index (χ3n) is 6.77. The van der Waals surface area contributed by atoms with Crippen molar-refractivity contribution in [2.45, 2.75) is 83.3 Å². The molecule has 0 spiro atoms. The first-order valence-electron chi connectivity index (χ1n) is 13.1. The molecule has 1 aliphatic rings. The van der Waals surface area contributed by atoms with Crippen LogP contribution in [0.4, 0.5) is 54.8 Å². The molecule has 0 aromatic heterocycles. The minimum absolute atomic E-state index is 0.0534. The molecule has 3 rings (SSSR count). The first kappa shape index (κ1) is 33.8. The molecule has 15 heteroatoms. The van der Waals surface area contributed by atoms with Crippen molar-refractivity contribution < 1.29 is 58.6 Å². The van der Waals surface area contributed by atoms with Gasteiger partial charge in [-0.2, -0.15) is 39.5 Å². The smallest absolute Gasteiger partial charge is 0.416 e. The molecule has 2 aromatic carbocycles. The van der Waals surface area contributed by atoms with Crippen molar-refractivity contribution in [1.82, 2.24) is 4.90 Å². The number of carbonyl (C=O) groups is 2. The van der Waals surface area contributed by atoms with E-state index in [4.69, 9.17) is 9.47 Å². The van der Waals surface area contributed by atoms with Gasteiger partial charge in [-0.1, -0.05) is 13.3 Å². The summed E-state index contributed by atoms with van der Waals surface area (Å²) in [5.41, 5.74) is -5.26. The van der Waals surface area contributed by atoms with Gasteiger partial charge in [-0.3, -0.25) is 9.80 Å². The number of nitrogens with zero attached hydrogens (tertiary/aromatic N) is 2. The number of anilines is 1. The summed E-state index contributed by atoms with van der Waals surface area (Å²) in [6, 6.07) is 1.13. The summed E-state index contributed by atoms with van der Waals surface area (Å²) < 4.78 is 133. The molecule has 0 N–H and O–H groups in total. The van der Waals surface area contributed by atoms with Crippen molar-refractivity contribution in [2.75, 3.05) is 12.0 Å². The number of amides is 2. The summed E-state index contributed by atoms with van der Waals surface area (Å²) in [6.07, 6.45) is -17.3. The summed E-state index contributed by atoms with van der Waals surface area (Å²) in [6.45, 7) is 4.02. The quantitative estimate of drug-likeness (QED) is 0.300. The summed E-state index contributed by atoms with van der Waals surface area (Å²) >= 11 is 0. The van der Waals surface area contributed by atoms with Crippen molar-refractivity contribution in [1.29, 1.82) is 0 Å². The highest BCUT2D eigenvalue weighted by Gasteiger charge is 2.43. The number of hydrogen-bond donors (Lipinski definition) is 0. The van der Waals surface area contributed by atoms with Crippen LogP contribution in [0.3, 0.4) is 0 Å². The van der Waals surface area contributed by atoms with Crippen LogP contribution in [0.1, 0.15) is 73.9 Å². The number of hydrogen-bond acceptors (Lipinski definition) is 4. The van der Waals surface area contributed by atoms with E-state index in [9.17, 15) is 49.1 Å². The van der Waals surface area contributed by atoms with Gasteiger partial charge in [0.2, 0.25) is 0 Å². The lowest BCUT2D eigenvalue weighted by molar-refractivity contribution is -0.143. The molecule has 6 nitrogen and oxygen atoms in total. The molecule has 0 radical (unpaired) electrons. The Kier molecular flexibility index (Phi) is 9.86. The van der Waals surface area contributed by atoms with Gasteiger partial charge in [0, 0.05) is 12.6 Å². The van der Waals surface area contributed by atoms with Crippen molar-refractivity contribution in [3.05, 3.63) is 64.2 Å². The third-order valence-corrected chi connectivity index (χ3v) is 6.77. The van der Waals surface area contributed by atoms with Crippen molar-refractivity contribution in [2.24, 2.45) is 0 Å². The Labute approximate surface area is 241 Å². The summed E-state index contributed by atoms with van der Waals surface area (Å²) in [5.74, 6) is 0. The Hall–Kier alpha value is -3.65. The number of ether oxygens (including phenoxy) is 2. The molecule has 1 aliphatic heterocycles. The largest absolute Gasteiger partial charge is 0.453 e. The van der Waals surface area contributed by atoms with Crippen LogP contribution in [-0.4, -0.2) is 36.3 Å². The first-order valence-corrected chi connectivity index (χ1v) is 13.1.